The predicted molar refractivity (Wildman–Crippen MR) is 50.8 cm³/mol. The first-order valence-corrected chi connectivity index (χ1v) is 11.4. The first kappa shape index (κ1) is 12.4. The Morgan fingerprint density at radius 3 is 1.92 bits per heavy atom. The Hall–Kier alpha value is 0.383. The van der Waals surface area contributed by atoms with Crippen LogP contribution in [-0.4, -0.2) is 0 Å². The van der Waals surface area contributed by atoms with Crippen LogP contribution in [0.4, 0.5) is 0 Å². The third kappa shape index (κ3) is 5.96. The average Bonchev–Trinajstić information content (AvgIpc) is 2.07. The fraction of sp³-hybridized carbons (Fsp3) is 0.250. The first-order valence-electron chi connectivity index (χ1n) is 3.64. The van der Waals surface area contributed by atoms with E-state index in [1.54, 1.807) is 0 Å². The van der Waals surface area contributed by atoms with E-state index in [1.807, 2.05) is 37.3 Å². The molecule has 64 valence electrons. The predicted octanol–water partition coefficient (Wildman–Crippen LogP) is 3.08. The molecule has 0 aliphatic heterocycles. The molecule has 1 aromatic rings. The Labute approximate surface area is 88.9 Å². The fourth-order valence-electron chi connectivity index (χ4n) is 0.757. The molecule has 0 amide bonds. The zero-order chi connectivity index (χ0) is 9.40. The van der Waals surface area contributed by atoms with E-state index in [0.717, 1.165) is 0 Å². The molecule has 0 radical (unpaired) electrons. The van der Waals surface area contributed by atoms with Gasteiger partial charge in [-0.05, 0) is 12.5 Å². The summed E-state index contributed by atoms with van der Waals surface area (Å²) in [6.07, 6.45) is 0. The van der Waals surface area contributed by atoms with Crippen molar-refractivity contribution in [1.82, 2.24) is 0 Å². The fourth-order valence-corrected chi connectivity index (χ4v) is 0.757. The first-order chi connectivity index (χ1) is 5.72. The summed E-state index contributed by atoms with van der Waals surface area (Å²) < 4.78 is 0. The summed E-state index contributed by atoms with van der Waals surface area (Å²) >= 11 is -0.931. The molecule has 1 rings (SSSR count). The molecule has 1 atom stereocenters. The van der Waals surface area contributed by atoms with Gasteiger partial charge in [0.25, 0.3) is 0 Å². The van der Waals surface area contributed by atoms with Gasteiger partial charge in [0.05, 0.1) is 0 Å². The molecule has 4 heteroatoms. The van der Waals surface area contributed by atoms with Gasteiger partial charge in [0.2, 0.25) is 0 Å². The van der Waals surface area contributed by atoms with E-state index in [1.165, 1.54) is 5.56 Å². The van der Waals surface area contributed by atoms with Crippen molar-refractivity contribution >= 4 is 19.4 Å². The van der Waals surface area contributed by atoms with Gasteiger partial charge in [0, 0.05) is 6.04 Å². The number of benzene rings is 1. The van der Waals surface area contributed by atoms with Crippen LogP contribution in [-0.2, 0) is 15.1 Å². The molecule has 0 aliphatic carbocycles. The maximum absolute atomic E-state index is 5.61. The molecule has 0 saturated heterocycles. The van der Waals surface area contributed by atoms with Gasteiger partial charge in [-0.15, -0.1) is 0 Å². The Morgan fingerprint density at radius 2 is 1.67 bits per heavy atom. The van der Waals surface area contributed by atoms with E-state index < -0.39 is 15.1 Å². The van der Waals surface area contributed by atoms with E-state index in [2.05, 4.69) is 0 Å². The van der Waals surface area contributed by atoms with Crippen molar-refractivity contribution < 1.29 is 15.1 Å². The van der Waals surface area contributed by atoms with Crippen LogP contribution < -0.4 is 5.73 Å². The van der Waals surface area contributed by atoms with Gasteiger partial charge in [-0.3, -0.25) is 0 Å². The summed E-state index contributed by atoms with van der Waals surface area (Å²) in [5.41, 5.74) is 6.81. The van der Waals surface area contributed by atoms with Crippen molar-refractivity contribution in [1.29, 1.82) is 0 Å². The van der Waals surface area contributed by atoms with Gasteiger partial charge < -0.3 is 5.73 Å². The molecule has 1 nitrogen and oxygen atoms in total. The molecule has 0 bridgehead atoms. The summed E-state index contributed by atoms with van der Waals surface area (Å²) in [4.78, 5) is 0. The van der Waals surface area contributed by atoms with Gasteiger partial charge >= 0.3 is 34.5 Å². The average molecular weight is 257 g/mol. The second-order valence-electron chi connectivity index (χ2n) is 2.30. The molecule has 0 fully saturated rings. The summed E-state index contributed by atoms with van der Waals surface area (Å²) in [6.45, 7) is 1.98. The topological polar surface area (TPSA) is 26.0 Å². The van der Waals surface area contributed by atoms with Crippen molar-refractivity contribution in [3.63, 3.8) is 0 Å². The van der Waals surface area contributed by atoms with E-state index in [9.17, 15) is 0 Å². The van der Waals surface area contributed by atoms with E-state index in [4.69, 9.17) is 25.1 Å². The van der Waals surface area contributed by atoms with Crippen LogP contribution in [0, 0.1) is 0 Å². The van der Waals surface area contributed by atoms with Crippen molar-refractivity contribution in [3.8, 4) is 0 Å². The molecule has 2 N–H and O–H groups in total. The van der Waals surface area contributed by atoms with Gasteiger partial charge in [-0.25, -0.2) is 0 Å². The normalized spacial score (nSPS) is 10.7. The second-order valence-corrected chi connectivity index (χ2v) is 6.92. The molecule has 1 aromatic carbocycles. The van der Waals surface area contributed by atoms with Gasteiger partial charge in [-0.1, -0.05) is 30.3 Å². The standard InChI is InChI=1S/C8H11N.2ClH.Zn/c1-7(9)8-5-3-2-4-6-8;;;/h2-7H,9H2,1H3;2*1H;/q;;;+2/p-2. The van der Waals surface area contributed by atoms with Crippen LogP contribution >= 0.6 is 19.4 Å². The summed E-state index contributed by atoms with van der Waals surface area (Å²) in [6, 6.07) is 10.2. The quantitative estimate of drug-likeness (QED) is 0.769. The molecule has 1 unspecified atom stereocenters. The number of hydrogen-bond donors (Lipinski definition) is 1. The zero-order valence-corrected chi connectivity index (χ0v) is 11.5. The van der Waals surface area contributed by atoms with Crippen LogP contribution in [0.25, 0.3) is 0 Å². The van der Waals surface area contributed by atoms with Gasteiger partial charge in [0.1, 0.15) is 0 Å². The maximum atomic E-state index is 5.61. The molecule has 0 saturated carbocycles. The monoisotopic (exact) mass is 255 g/mol. The third-order valence-electron chi connectivity index (χ3n) is 1.33. The van der Waals surface area contributed by atoms with Gasteiger partial charge in [0.15, 0.2) is 0 Å². The SMILES string of the molecule is CC(N)c1ccccc1.[Cl][Zn][Cl]. The van der Waals surface area contributed by atoms with Crippen LogP contribution in [0.1, 0.15) is 18.5 Å². The molecule has 0 aromatic heterocycles. The van der Waals surface area contributed by atoms with Crippen molar-refractivity contribution in [2.75, 3.05) is 0 Å². The number of halogens is 2. The number of nitrogens with two attached hydrogens (primary N) is 1. The van der Waals surface area contributed by atoms with Crippen molar-refractivity contribution in [2.24, 2.45) is 5.73 Å². The molecule has 0 heterocycles. The summed E-state index contributed by atoms with van der Waals surface area (Å²) in [7, 11) is 9.90. The van der Waals surface area contributed by atoms with Crippen LogP contribution in [0.5, 0.6) is 0 Å². The third-order valence-corrected chi connectivity index (χ3v) is 1.33. The van der Waals surface area contributed by atoms with Crippen LogP contribution in [0.2, 0.25) is 0 Å². The molecule has 0 aliphatic rings. The van der Waals surface area contributed by atoms with Crippen LogP contribution in [0.3, 0.4) is 0 Å². The number of rotatable bonds is 1. The minimum absolute atomic E-state index is 0.159. The second kappa shape index (κ2) is 8.00. The van der Waals surface area contributed by atoms with Crippen molar-refractivity contribution in [2.45, 2.75) is 13.0 Å². The Morgan fingerprint density at radius 1 is 1.25 bits per heavy atom. The minimum atomic E-state index is -0.931. The number of hydrogen-bond acceptors (Lipinski definition) is 1. The Kier molecular flexibility index (Phi) is 8.26. The van der Waals surface area contributed by atoms with Crippen molar-refractivity contribution in [3.05, 3.63) is 35.9 Å². The molecule has 0 spiro atoms. The molecular weight excluding hydrogens is 246 g/mol. The Balaban J connectivity index is 0.000000354. The summed E-state index contributed by atoms with van der Waals surface area (Å²) in [5, 5.41) is 0. The Bertz CT molecular complexity index is 192. The molecular formula is C8H11Cl2NZn. The van der Waals surface area contributed by atoms with E-state index in [0.29, 0.717) is 0 Å². The van der Waals surface area contributed by atoms with Crippen LogP contribution in [0.15, 0.2) is 30.3 Å². The van der Waals surface area contributed by atoms with Gasteiger partial charge in [-0.2, -0.15) is 0 Å². The van der Waals surface area contributed by atoms with E-state index in [-0.39, 0.29) is 6.04 Å². The summed E-state index contributed by atoms with van der Waals surface area (Å²) in [5.74, 6) is 0. The zero-order valence-electron chi connectivity index (χ0n) is 7.00. The van der Waals surface area contributed by atoms with E-state index >= 15 is 0 Å². The molecule has 12 heavy (non-hydrogen) atoms.